The summed E-state index contributed by atoms with van der Waals surface area (Å²) in [6, 6.07) is -1.41. The Balaban J connectivity index is 2.78. The number of hydrogen-bond donors (Lipinski definition) is 3. The molecular formula is C14H25IN4O3. The molecule has 0 saturated carbocycles. The van der Waals surface area contributed by atoms with Crippen LogP contribution in [0.5, 0.6) is 0 Å². The van der Waals surface area contributed by atoms with Crippen molar-refractivity contribution in [1.82, 2.24) is 19.1 Å². The fourth-order valence-corrected chi connectivity index (χ4v) is 2.85. The van der Waals surface area contributed by atoms with Gasteiger partial charge in [0, 0.05) is 6.54 Å². The summed E-state index contributed by atoms with van der Waals surface area (Å²) in [7, 11) is 1.72. The van der Waals surface area contributed by atoms with Gasteiger partial charge < -0.3 is 15.5 Å². The van der Waals surface area contributed by atoms with E-state index in [2.05, 4.69) is 14.2 Å². The summed E-state index contributed by atoms with van der Waals surface area (Å²) in [6.45, 7) is 6.10. The Kier molecular flexibility index (Phi) is 7.54. The number of hydrogen-bond acceptors (Lipinski definition) is 4. The van der Waals surface area contributed by atoms with Crippen molar-refractivity contribution in [2.24, 2.45) is 5.92 Å². The average molecular weight is 424 g/mol. The summed E-state index contributed by atoms with van der Waals surface area (Å²) < 4.78 is 2.53. The number of likely N-dealkylation sites (N-methyl/N-ethyl adjacent to an activating group) is 1. The van der Waals surface area contributed by atoms with Crippen LogP contribution in [-0.2, 0) is 14.4 Å². The smallest absolute Gasteiger partial charge is 0.251 e. The second-order valence-electron chi connectivity index (χ2n) is 5.89. The molecule has 7 nitrogen and oxygen atoms in total. The zero-order valence-corrected chi connectivity index (χ0v) is 15.6. The van der Waals surface area contributed by atoms with Gasteiger partial charge in [0.25, 0.3) is 5.91 Å². The lowest BCUT2D eigenvalue weighted by atomic mass is 10.0. The van der Waals surface area contributed by atoms with Crippen molar-refractivity contribution in [1.29, 1.82) is 0 Å². The molecule has 3 amide bonds. The van der Waals surface area contributed by atoms with Gasteiger partial charge in [0.2, 0.25) is 11.8 Å². The first-order valence-corrected chi connectivity index (χ1v) is 8.60. The number of rotatable bonds is 6. The summed E-state index contributed by atoms with van der Waals surface area (Å²) in [4.78, 5) is 38.3. The van der Waals surface area contributed by atoms with E-state index in [0.29, 0.717) is 13.0 Å². The number of halogens is 1. The number of amides is 3. The Hall–Kier alpha value is -0.900. The van der Waals surface area contributed by atoms with Gasteiger partial charge in [-0.25, -0.2) is 0 Å². The molecule has 0 aromatic rings. The summed E-state index contributed by atoms with van der Waals surface area (Å²) >= 11 is 1.76. The largest absolute Gasteiger partial charge is 0.342 e. The molecule has 1 saturated heterocycles. The predicted octanol–water partition coefficient (Wildman–Crippen LogP) is 0.192. The van der Waals surface area contributed by atoms with Crippen LogP contribution in [0.15, 0.2) is 0 Å². The maximum absolute atomic E-state index is 12.5. The zero-order valence-electron chi connectivity index (χ0n) is 13.5. The molecule has 3 N–H and O–H groups in total. The lowest BCUT2D eigenvalue weighted by Gasteiger charge is -2.28. The summed E-state index contributed by atoms with van der Waals surface area (Å²) in [6.07, 6.45) is 1.43. The van der Waals surface area contributed by atoms with E-state index in [1.165, 1.54) is 0 Å². The average Bonchev–Trinajstić information content (AvgIpc) is 2.99. The Morgan fingerprint density at radius 1 is 1.23 bits per heavy atom. The van der Waals surface area contributed by atoms with Gasteiger partial charge in [-0.1, -0.05) is 13.8 Å². The van der Waals surface area contributed by atoms with E-state index in [-0.39, 0.29) is 29.7 Å². The molecule has 8 heteroatoms. The normalized spacial score (nSPS) is 20.6. The zero-order chi connectivity index (χ0) is 16.9. The molecule has 22 heavy (non-hydrogen) atoms. The minimum Gasteiger partial charge on any atom is -0.342 e. The first-order valence-electron chi connectivity index (χ1n) is 7.52. The molecule has 1 rings (SSSR count). The second-order valence-corrected chi connectivity index (χ2v) is 6.43. The number of carbonyl (C=O) groups is 3. The van der Waals surface area contributed by atoms with Crippen molar-refractivity contribution >= 4 is 40.6 Å². The van der Waals surface area contributed by atoms with Crippen LogP contribution in [0.4, 0.5) is 0 Å². The van der Waals surface area contributed by atoms with Gasteiger partial charge in [0.1, 0.15) is 12.1 Å². The number of likely N-dealkylation sites (tertiary alicyclic amines) is 1. The number of nitrogens with zero attached hydrogens (tertiary/aromatic N) is 1. The van der Waals surface area contributed by atoms with Crippen molar-refractivity contribution in [3.05, 3.63) is 0 Å². The van der Waals surface area contributed by atoms with Crippen LogP contribution >= 0.6 is 22.9 Å². The van der Waals surface area contributed by atoms with Crippen LogP contribution in [0.2, 0.25) is 0 Å². The van der Waals surface area contributed by atoms with Crippen molar-refractivity contribution in [3.63, 3.8) is 0 Å². The highest BCUT2D eigenvalue weighted by Crippen LogP contribution is 2.19. The number of nitrogens with one attached hydrogen (secondary N) is 3. The topological polar surface area (TPSA) is 90.5 Å². The molecule has 126 valence electrons. The van der Waals surface area contributed by atoms with E-state index in [4.69, 9.17) is 0 Å². The summed E-state index contributed by atoms with van der Waals surface area (Å²) in [5.41, 5.74) is 0. The van der Waals surface area contributed by atoms with Crippen LogP contribution < -0.4 is 14.2 Å². The summed E-state index contributed by atoms with van der Waals surface area (Å²) in [5.74, 6) is -0.601. The SMILES string of the molecule is CNC(C)C(=O)N1CCCC1C(=O)NC(C(=O)NI)C(C)C. The third kappa shape index (κ3) is 4.55. The maximum Gasteiger partial charge on any atom is 0.251 e. The molecule has 1 aliphatic heterocycles. The van der Waals surface area contributed by atoms with E-state index in [9.17, 15) is 14.4 Å². The van der Waals surface area contributed by atoms with Crippen molar-refractivity contribution in [2.45, 2.75) is 51.7 Å². The van der Waals surface area contributed by atoms with Gasteiger partial charge in [0.15, 0.2) is 0 Å². The predicted molar refractivity (Wildman–Crippen MR) is 92.2 cm³/mol. The first kappa shape index (κ1) is 19.1. The highest BCUT2D eigenvalue weighted by molar-refractivity contribution is 14.1. The van der Waals surface area contributed by atoms with Gasteiger partial charge in [-0.3, -0.25) is 17.9 Å². The van der Waals surface area contributed by atoms with Crippen molar-refractivity contribution < 1.29 is 14.4 Å². The highest BCUT2D eigenvalue weighted by Gasteiger charge is 2.37. The van der Waals surface area contributed by atoms with Gasteiger partial charge in [-0.2, -0.15) is 0 Å². The molecule has 0 aliphatic carbocycles. The molecule has 0 radical (unpaired) electrons. The summed E-state index contributed by atoms with van der Waals surface area (Å²) in [5, 5.41) is 5.68. The molecular weight excluding hydrogens is 399 g/mol. The van der Waals surface area contributed by atoms with Gasteiger partial charge in [-0.15, -0.1) is 0 Å². The third-order valence-electron chi connectivity index (χ3n) is 3.98. The third-order valence-corrected chi connectivity index (χ3v) is 4.51. The van der Waals surface area contributed by atoms with Gasteiger partial charge in [0.05, 0.1) is 28.9 Å². The van der Waals surface area contributed by atoms with Crippen molar-refractivity contribution in [2.75, 3.05) is 13.6 Å². The quantitative estimate of drug-likeness (QED) is 0.420. The standard InChI is InChI=1S/C14H25IN4O3/c1-8(2)11(13(21)18-15)17-12(20)10-6-5-7-19(10)14(22)9(3)16-4/h8-11,16H,5-7H2,1-4H3,(H,17,20)(H,18,21). The Labute approximate surface area is 145 Å². The molecule has 0 aromatic heterocycles. The van der Waals surface area contributed by atoms with Crippen LogP contribution in [0.1, 0.15) is 33.6 Å². The Bertz CT molecular complexity index is 430. The minimum atomic E-state index is -0.594. The molecule has 1 aliphatic rings. The van der Waals surface area contributed by atoms with E-state index in [1.807, 2.05) is 13.8 Å². The van der Waals surface area contributed by atoms with Crippen LogP contribution in [-0.4, -0.2) is 54.3 Å². The molecule has 1 fully saturated rings. The highest BCUT2D eigenvalue weighted by atomic mass is 127. The second kappa shape index (κ2) is 8.66. The number of carbonyl (C=O) groups excluding carboxylic acids is 3. The Morgan fingerprint density at radius 3 is 2.36 bits per heavy atom. The molecule has 0 bridgehead atoms. The van der Waals surface area contributed by atoms with Crippen LogP contribution in [0.3, 0.4) is 0 Å². The monoisotopic (exact) mass is 424 g/mol. The lowest BCUT2D eigenvalue weighted by molar-refractivity contribution is -0.140. The lowest BCUT2D eigenvalue weighted by Crippen LogP contribution is -2.55. The van der Waals surface area contributed by atoms with E-state index >= 15 is 0 Å². The molecule has 0 aromatic carbocycles. The van der Waals surface area contributed by atoms with Gasteiger partial charge in [-0.05, 0) is 32.7 Å². The van der Waals surface area contributed by atoms with E-state index in [0.717, 1.165) is 6.42 Å². The molecule has 0 spiro atoms. The minimum absolute atomic E-state index is 0.0273. The fourth-order valence-electron chi connectivity index (χ4n) is 2.52. The van der Waals surface area contributed by atoms with E-state index < -0.39 is 12.1 Å². The van der Waals surface area contributed by atoms with Crippen molar-refractivity contribution in [3.8, 4) is 0 Å². The molecule has 3 unspecified atom stereocenters. The molecule has 3 atom stereocenters. The fraction of sp³-hybridized carbons (Fsp3) is 0.786. The molecule has 1 heterocycles. The van der Waals surface area contributed by atoms with Gasteiger partial charge >= 0.3 is 0 Å². The van der Waals surface area contributed by atoms with Crippen LogP contribution in [0, 0.1) is 5.92 Å². The Morgan fingerprint density at radius 2 is 1.86 bits per heavy atom. The van der Waals surface area contributed by atoms with E-state index in [1.54, 1.807) is 41.7 Å². The van der Waals surface area contributed by atoms with Crippen LogP contribution in [0.25, 0.3) is 0 Å². The maximum atomic E-state index is 12.5. The first-order chi connectivity index (χ1) is 10.3.